The first-order valence-corrected chi connectivity index (χ1v) is 10.2. The molecule has 1 aliphatic rings. The number of carbonyl (C=O) groups is 2. The standard InChI is InChI=1S/C25H21N3O5/c1-15-11-16(2)13-18(12-15)26-23-22(17-7-9-19(10-8-17)28(31)32)24(29)27(25(23)30)20-5-4-6-21(14-20)33-3/h4-14,26H,1-3H3. The number of nitrogens with one attached hydrogen (secondary N) is 1. The van der Waals surface area contributed by atoms with Crippen molar-refractivity contribution in [3.63, 3.8) is 0 Å². The van der Waals surface area contributed by atoms with Crippen molar-refractivity contribution in [2.24, 2.45) is 0 Å². The number of benzene rings is 3. The van der Waals surface area contributed by atoms with Crippen molar-refractivity contribution < 1.29 is 19.2 Å². The third-order valence-corrected chi connectivity index (χ3v) is 5.25. The highest BCUT2D eigenvalue weighted by atomic mass is 16.6. The van der Waals surface area contributed by atoms with E-state index >= 15 is 0 Å². The third kappa shape index (κ3) is 4.18. The van der Waals surface area contributed by atoms with Crippen LogP contribution in [0.2, 0.25) is 0 Å². The van der Waals surface area contributed by atoms with E-state index < -0.39 is 16.7 Å². The number of aryl methyl sites for hydroxylation is 2. The van der Waals surface area contributed by atoms with Crippen LogP contribution >= 0.6 is 0 Å². The van der Waals surface area contributed by atoms with Crippen LogP contribution in [0.5, 0.6) is 5.75 Å². The maximum absolute atomic E-state index is 13.5. The van der Waals surface area contributed by atoms with E-state index in [0.717, 1.165) is 16.0 Å². The zero-order valence-corrected chi connectivity index (χ0v) is 18.3. The smallest absolute Gasteiger partial charge is 0.282 e. The van der Waals surface area contributed by atoms with Crippen LogP contribution in [0, 0.1) is 24.0 Å². The van der Waals surface area contributed by atoms with Crippen LogP contribution in [0.15, 0.2) is 72.4 Å². The second kappa shape index (κ2) is 8.58. The Labute approximate surface area is 190 Å². The summed E-state index contributed by atoms with van der Waals surface area (Å²) >= 11 is 0. The summed E-state index contributed by atoms with van der Waals surface area (Å²) in [5.41, 5.74) is 3.55. The van der Waals surface area contributed by atoms with E-state index in [1.165, 1.54) is 31.4 Å². The first-order chi connectivity index (χ1) is 15.8. The summed E-state index contributed by atoms with van der Waals surface area (Å²) in [7, 11) is 1.50. The molecule has 3 aromatic rings. The molecule has 0 aromatic heterocycles. The van der Waals surface area contributed by atoms with Crippen LogP contribution in [0.1, 0.15) is 16.7 Å². The Morgan fingerprint density at radius 3 is 2.18 bits per heavy atom. The minimum absolute atomic E-state index is 0.0988. The van der Waals surface area contributed by atoms with Gasteiger partial charge in [0.15, 0.2) is 0 Å². The molecule has 166 valence electrons. The molecule has 8 heteroatoms. The summed E-state index contributed by atoms with van der Waals surface area (Å²) in [5.74, 6) is -0.560. The molecule has 3 aromatic carbocycles. The highest BCUT2D eigenvalue weighted by Gasteiger charge is 2.40. The normalized spacial score (nSPS) is 13.5. The summed E-state index contributed by atoms with van der Waals surface area (Å²) in [6.07, 6.45) is 0. The fraction of sp³-hybridized carbons (Fsp3) is 0.120. The number of ether oxygens (including phenoxy) is 1. The van der Waals surface area contributed by atoms with Gasteiger partial charge in [0.05, 0.1) is 23.3 Å². The molecule has 0 unspecified atom stereocenters. The Balaban J connectivity index is 1.83. The Morgan fingerprint density at radius 1 is 0.909 bits per heavy atom. The second-order valence-corrected chi connectivity index (χ2v) is 7.70. The van der Waals surface area contributed by atoms with Crippen LogP contribution in [0.4, 0.5) is 17.1 Å². The number of imide groups is 1. The van der Waals surface area contributed by atoms with E-state index in [0.29, 0.717) is 22.7 Å². The number of non-ortho nitro benzene ring substituents is 1. The van der Waals surface area contributed by atoms with Crippen molar-refractivity contribution in [2.75, 3.05) is 17.3 Å². The molecular weight excluding hydrogens is 422 g/mol. The predicted molar refractivity (Wildman–Crippen MR) is 125 cm³/mol. The molecule has 0 bridgehead atoms. The van der Waals surface area contributed by atoms with E-state index in [-0.39, 0.29) is 17.0 Å². The highest BCUT2D eigenvalue weighted by Crippen LogP contribution is 2.35. The minimum Gasteiger partial charge on any atom is -0.497 e. The van der Waals surface area contributed by atoms with E-state index in [9.17, 15) is 19.7 Å². The lowest BCUT2D eigenvalue weighted by molar-refractivity contribution is -0.384. The molecule has 0 atom stereocenters. The van der Waals surface area contributed by atoms with Gasteiger partial charge < -0.3 is 10.1 Å². The predicted octanol–water partition coefficient (Wildman–Crippen LogP) is 4.62. The number of nitro benzene ring substituents is 1. The molecule has 1 heterocycles. The van der Waals surface area contributed by atoms with Gasteiger partial charge >= 0.3 is 0 Å². The van der Waals surface area contributed by atoms with E-state index in [2.05, 4.69) is 5.32 Å². The number of carbonyl (C=O) groups excluding carboxylic acids is 2. The molecule has 4 rings (SSSR count). The van der Waals surface area contributed by atoms with Crippen LogP contribution in [0.25, 0.3) is 5.57 Å². The molecule has 0 saturated carbocycles. The Kier molecular flexibility index (Phi) is 5.66. The van der Waals surface area contributed by atoms with E-state index in [1.807, 2.05) is 32.0 Å². The van der Waals surface area contributed by atoms with Gasteiger partial charge in [-0.3, -0.25) is 19.7 Å². The van der Waals surface area contributed by atoms with Gasteiger partial charge in [-0.1, -0.05) is 12.1 Å². The Morgan fingerprint density at radius 2 is 1.58 bits per heavy atom. The molecule has 1 aliphatic heterocycles. The van der Waals surface area contributed by atoms with Gasteiger partial charge in [-0.25, -0.2) is 4.90 Å². The van der Waals surface area contributed by atoms with Crippen molar-refractivity contribution in [3.05, 3.63) is 99.2 Å². The van der Waals surface area contributed by atoms with Crippen molar-refractivity contribution in [1.29, 1.82) is 0 Å². The lowest BCUT2D eigenvalue weighted by Gasteiger charge is -2.16. The summed E-state index contributed by atoms with van der Waals surface area (Å²) in [6, 6.07) is 18.0. The van der Waals surface area contributed by atoms with Gasteiger partial charge in [0.25, 0.3) is 17.5 Å². The molecular formula is C25H21N3O5. The fourth-order valence-corrected chi connectivity index (χ4v) is 3.84. The Hall–Kier alpha value is -4.46. The van der Waals surface area contributed by atoms with Crippen LogP contribution in [-0.4, -0.2) is 23.8 Å². The largest absolute Gasteiger partial charge is 0.497 e. The number of nitrogens with zero attached hydrogens (tertiary/aromatic N) is 2. The maximum Gasteiger partial charge on any atom is 0.282 e. The molecule has 0 spiro atoms. The first-order valence-electron chi connectivity index (χ1n) is 10.2. The fourth-order valence-electron chi connectivity index (χ4n) is 3.84. The SMILES string of the molecule is COc1cccc(N2C(=O)C(Nc3cc(C)cc(C)c3)=C(c3ccc([N+](=O)[O-])cc3)C2=O)c1. The molecule has 2 amide bonds. The topological polar surface area (TPSA) is 102 Å². The second-order valence-electron chi connectivity index (χ2n) is 7.70. The number of anilines is 2. The zero-order valence-electron chi connectivity index (χ0n) is 18.3. The average molecular weight is 443 g/mol. The van der Waals surface area contributed by atoms with Crippen molar-refractivity contribution in [3.8, 4) is 5.75 Å². The number of nitro groups is 1. The van der Waals surface area contributed by atoms with E-state index in [4.69, 9.17) is 4.74 Å². The number of hydrogen-bond donors (Lipinski definition) is 1. The molecule has 0 fully saturated rings. The Bertz CT molecular complexity index is 1290. The van der Waals surface area contributed by atoms with Gasteiger partial charge in [-0.05, 0) is 66.9 Å². The number of hydrogen-bond acceptors (Lipinski definition) is 6. The number of methoxy groups -OCH3 is 1. The van der Waals surface area contributed by atoms with Gasteiger partial charge in [0.2, 0.25) is 0 Å². The molecule has 0 saturated heterocycles. The first kappa shape index (κ1) is 21.8. The maximum atomic E-state index is 13.5. The molecule has 1 N–H and O–H groups in total. The minimum atomic E-state index is -0.533. The van der Waals surface area contributed by atoms with Crippen LogP contribution < -0.4 is 15.0 Å². The number of rotatable bonds is 6. The molecule has 8 nitrogen and oxygen atoms in total. The third-order valence-electron chi connectivity index (χ3n) is 5.25. The molecule has 0 aliphatic carbocycles. The summed E-state index contributed by atoms with van der Waals surface area (Å²) < 4.78 is 5.24. The quantitative estimate of drug-likeness (QED) is 0.339. The summed E-state index contributed by atoms with van der Waals surface area (Å²) in [5, 5.41) is 14.2. The van der Waals surface area contributed by atoms with Crippen molar-refractivity contribution in [1.82, 2.24) is 0 Å². The van der Waals surface area contributed by atoms with Crippen LogP contribution in [-0.2, 0) is 9.59 Å². The lowest BCUT2D eigenvalue weighted by atomic mass is 10.0. The van der Waals surface area contributed by atoms with Crippen LogP contribution in [0.3, 0.4) is 0 Å². The van der Waals surface area contributed by atoms with Crippen molar-refractivity contribution >= 4 is 34.4 Å². The molecule has 33 heavy (non-hydrogen) atoms. The molecule has 0 radical (unpaired) electrons. The van der Waals surface area contributed by atoms with Gasteiger partial charge in [0, 0.05) is 23.9 Å². The average Bonchev–Trinajstić information content (AvgIpc) is 3.02. The summed E-state index contributed by atoms with van der Waals surface area (Å²) in [4.78, 5) is 38.6. The highest BCUT2D eigenvalue weighted by molar-refractivity contribution is 6.46. The zero-order chi connectivity index (χ0) is 23.7. The lowest BCUT2D eigenvalue weighted by Crippen LogP contribution is -2.32. The van der Waals surface area contributed by atoms with Gasteiger partial charge in [0.1, 0.15) is 11.4 Å². The monoisotopic (exact) mass is 443 g/mol. The van der Waals surface area contributed by atoms with E-state index in [1.54, 1.807) is 24.3 Å². The van der Waals surface area contributed by atoms with Gasteiger partial charge in [-0.15, -0.1) is 0 Å². The summed E-state index contributed by atoms with van der Waals surface area (Å²) in [6.45, 7) is 3.88. The van der Waals surface area contributed by atoms with Crippen molar-refractivity contribution in [2.45, 2.75) is 13.8 Å². The van der Waals surface area contributed by atoms with Gasteiger partial charge in [-0.2, -0.15) is 0 Å². The number of amides is 2.